The van der Waals surface area contributed by atoms with Gasteiger partial charge in [0.15, 0.2) is 0 Å². The molecular weight excluding hydrogens is 364 g/mol. The minimum atomic E-state index is -0.0794. The van der Waals surface area contributed by atoms with Gasteiger partial charge in [-0.15, -0.1) is 0 Å². The molecule has 0 aromatic rings. The lowest BCUT2D eigenvalue weighted by molar-refractivity contribution is -0.0575. The molecule has 1 nitrogen and oxygen atoms in total. The van der Waals surface area contributed by atoms with Crippen LogP contribution in [0.2, 0.25) is 0 Å². The Morgan fingerprint density at radius 2 is 1.77 bits per heavy atom. The predicted molar refractivity (Wildman–Crippen MR) is 128 cm³/mol. The highest BCUT2D eigenvalue weighted by Crippen LogP contribution is 2.67. The van der Waals surface area contributed by atoms with Crippen molar-refractivity contribution in [3.8, 4) is 0 Å². The Hall–Kier alpha value is -0.300. The molecule has 4 aliphatic carbocycles. The summed E-state index contributed by atoms with van der Waals surface area (Å²) in [6.07, 6.45) is 17.1. The topological polar surface area (TPSA) is 20.2 Å². The largest absolute Gasteiger partial charge is 0.393 e. The molecule has 4 rings (SSSR count). The summed E-state index contributed by atoms with van der Waals surface area (Å²) in [6.45, 7) is 15.1. The fourth-order valence-electron chi connectivity index (χ4n) is 9.30. The van der Waals surface area contributed by atoms with Gasteiger partial charge in [-0.3, -0.25) is 0 Å². The molecule has 3 saturated carbocycles. The fraction of sp³-hybridized carbons (Fsp3) is 0.931. The van der Waals surface area contributed by atoms with Gasteiger partial charge < -0.3 is 5.11 Å². The first-order valence-electron chi connectivity index (χ1n) is 13.6. The molecule has 172 valence electrons. The minimum absolute atomic E-state index is 0.0794. The molecule has 0 amide bonds. The fourth-order valence-corrected chi connectivity index (χ4v) is 9.30. The quantitative estimate of drug-likeness (QED) is 0.436. The van der Waals surface area contributed by atoms with Gasteiger partial charge in [0.25, 0.3) is 0 Å². The summed E-state index contributed by atoms with van der Waals surface area (Å²) in [4.78, 5) is 0. The summed E-state index contributed by atoms with van der Waals surface area (Å²) in [5.74, 6) is 6.31. The molecular formula is C29H50O. The maximum atomic E-state index is 10.2. The van der Waals surface area contributed by atoms with E-state index in [9.17, 15) is 5.11 Å². The van der Waals surface area contributed by atoms with Crippen LogP contribution in [0.1, 0.15) is 112 Å². The molecule has 0 aromatic carbocycles. The molecule has 9 atom stereocenters. The molecule has 0 spiro atoms. The van der Waals surface area contributed by atoms with Crippen molar-refractivity contribution >= 4 is 0 Å². The zero-order valence-electron chi connectivity index (χ0n) is 20.9. The Kier molecular flexibility index (Phi) is 6.53. The van der Waals surface area contributed by atoms with Crippen LogP contribution in [0.15, 0.2) is 11.6 Å². The van der Waals surface area contributed by atoms with Gasteiger partial charge in [-0.25, -0.2) is 0 Å². The predicted octanol–water partition coefficient (Wildman–Crippen LogP) is 8.02. The Labute approximate surface area is 187 Å². The molecule has 0 radical (unpaired) electrons. The average Bonchev–Trinajstić information content (AvgIpc) is 3.06. The third-order valence-corrected chi connectivity index (χ3v) is 11.3. The summed E-state index contributed by atoms with van der Waals surface area (Å²) in [6, 6.07) is 0. The second kappa shape index (κ2) is 8.57. The van der Waals surface area contributed by atoms with Gasteiger partial charge in [0, 0.05) is 0 Å². The van der Waals surface area contributed by atoms with Gasteiger partial charge in [-0.2, -0.15) is 0 Å². The highest BCUT2D eigenvalue weighted by atomic mass is 16.3. The number of aliphatic hydroxyl groups excluding tert-OH is 1. The lowest BCUT2D eigenvalue weighted by atomic mass is 9.47. The Morgan fingerprint density at radius 1 is 1.00 bits per heavy atom. The standard InChI is InChI=1S/C29H50O/c1-7-21(19(2)3)9-8-20(4)25-12-13-26-24-11-10-22-18-23(30)14-16-28(22,5)27(24)15-17-29(25,26)6/h10,19-21,23-27,30H,7-9,11-18H2,1-6H3/t20-,21-,23-,24+,25-,26+,27-,28-,29-/m0/s1. The Bertz CT molecular complexity index is 634. The summed E-state index contributed by atoms with van der Waals surface area (Å²) in [7, 11) is 0. The summed E-state index contributed by atoms with van der Waals surface area (Å²) >= 11 is 0. The van der Waals surface area contributed by atoms with Gasteiger partial charge in [0.1, 0.15) is 0 Å². The van der Waals surface area contributed by atoms with Gasteiger partial charge in [-0.1, -0.05) is 66.0 Å². The van der Waals surface area contributed by atoms with E-state index in [-0.39, 0.29) is 6.10 Å². The molecule has 0 aliphatic heterocycles. The van der Waals surface area contributed by atoms with E-state index in [0.29, 0.717) is 10.8 Å². The van der Waals surface area contributed by atoms with E-state index in [2.05, 4.69) is 47.6 Å². The van der Waals surface area contributed by atoms with E-state index in [1.165, 1.54) is 57.8 Å². The Morgan fingerprint density at radius 3 is 2.47 bits per heavy atom. The molecule has 0 saturated heterocycles. The van der Waals surface area contributed by atoms with E-state index < -0.39 is 0 Å². The Balaban J connectivity index is 1.47. The number of allylic oxidation sites excluding steroid dienone is 1. The SMILES string of the molecule is CC[C@@H](CC[C@H](C)[C@@H]1CC[C@@H]2[C@H]3CC=C4C[C@@H](O)CC[C@]4(C)[C@H]3CC[C@]21C)C(C)C. The van der Waals surface area contributed by atoms with Crippen LogP contribution in [-0.2, 0) is 0 Å². The van der Waals surface area contributed by atoms with Crippen LogP contribution < -0.4 is 0 Å². The first-order chi connectivity index (χ1) is 14.2. The number of fused-ring (bicyclic) bond motifs is 5. The van der Waals surface area contributed by atoms with Crippen LogP contribution in [0.3, 0.4) is 0 Å². The second-order valence-electron chi connectivity index (χ2n) is 12.9. The van der Waals surface area contributed by atoms with Crippen molar-refractivity contribution in [2.45, 2.75) is 118 Å². The molecule has 1 N–H and O–H groups in total. The van der Waals surface area contributed by atoms with Gasteiger partial charge in [-0.05, 0) is 110 Å². The van der Waals surface area contributed by atoms with Crippen LogP contribution >= 0.6 is 0 Å². The normalized spacial score (nSPS) is 45.3. The lowest BCUT2D eigenvalue weighted by Crippen LogP contribution is -2.50. The number of rotatable bonds is 6. The van der Waals surface area contributed by atoms with E-state index in [1.54, 1.807) is 5.57 Å². The molecule has 3 fully saturated rings. The monoisotopic (exact) mass is 414 g/mol. The maximum absolute atomic E-state index is 10.2. The smallest absolute Gasteiger partial charge is 0.0577 e. The second-order valence-corrected chi connectivity index (χ2v) is 12.9. The average molecular weight is 415 g/mol. The third-order valence-electron chi connectivity index (χ3n) is 11.3. The molecule has 0 bridgehead atoms. The highest BCUT2D eigenvalue weighted by Gasteiger charge is 2.59. The molecule has 4 aliphatic rings. The van der Waals surface area contributed by atoms with Crippen molar-refractivity contribution in [1.29, 1.82) is 0 Å². The number of aliphatic hydroxyl groups is 1. The zero-order chi connectivity index (χ0) is 21.7. The highest BCUT2D eigenvalue weighted by molar-refractivity contribution is 5.25. The van der Waals surface area contributed by atoms with Crippen LogP contribution in [0.25, 0.3) is 0 Å². The van der Waals surface area contributed by atoms with Gasteiger partial charge in [0.2, 0.25) is 0 Å². The molecule has 0 aromatic heterocycles. The van der Waals surface area contributed by atoms with Crippen LogP contribution in [0, 0.1) is 52.3 Å². The van der Waals surface area contributed by atoms with E-state index in [4.69, 9.17) is 0 Å². The van der Waals surface area contributed by atoms with E-state index in [1.807, 2.05) is 0 Å². The van der Waals surface area contributed by atoms with Crippen molar-refractivity contribution in [1.82, 2.24) is 0 Å². The van der Waals surface area contributed by atoms with Crippen LogP contribution in [-0.4, -0.2) is 11.2 Å². The summed E-state index contributed by atoms with van der Waals surface area (Å²) in [5, 5.41) is 10.2. The molecule has 30 heavy (non-hydrogen) atoms. The van der Waals surface area contributed by atoms with Crippen molar-refractivity contribution in [2.24, 2.45) is 52.3 Å². The maximum Gasteiger partial charge on any atom is 0.0577 e. The summed E-state index contributed by atoms with van der Waals surface area (Å²) < 4.78 is 0. The first kappa shape index (κ1) is 22.9. The molecule has 0 heterocycles. The summed E-state index contributed by atoms with van der Waals surface area (Å²) in [5.41, 5.74) is 2.59. The van der Waals surface area contributed by atoms with Crippen molar-refractivity contribution in [3.05, 3.63) is 11.6 Å². The van der Waals surface area contributed by atoms with Gasteiger partial charge in [0.05, 0.1) is 6.10 Å². The van der Waals surface area contributed by atoms with E-state index in [0.717, 1.165) is 54.3 Å². The van der Waals surface area contributed by atoms with Crippen LogP contribution in [0.5, 0.6) is 0 Å². The van der Waals surface area contributed by atoms with Crippen molar-refractivity contribution < 1.29 is 5.11 Å². The lowest BCUT2D eigenvalue weighted by Gasteiger charge is -2.58. The molecule has 0 unspecified atom stereocenters. The van der Waals surface area contributed by atoms with E-state index >= 15 is 0 Å². The number of hydrogen-bond acceptors (Lipinski definition) is 1. The third kappa shape index (κ3) is 3.74. The van der Waals surface area contributed by atoms with Crippen molar-refractivity contribution in [3.63, 3.8) is 0 Å². The van der Waals surface area contributed by atoms with Gasteiger partial charge >= 0.3 is 0 Å². The first-order valence-corrected chi connectivity index (χ1v) is 13.6. The minimum Gasteiger partial charge on any atom is -0.393 e. The zero-order valence-corrected chi connectivity index (χ0v) is 20.9. The van der Waals surface area contributed by atoms with Crippen LogP contribution in [0.4, 0.5) is 0 Å². The number of hydrogen-bond donors (Lipinski definition) is 1. The van der Waals surface area contributed by atoms with Crippen molar-refractivity contribution in [2.75, 3.05) is 0 Å². The molecule has 1 heteroatoms.